The van der Waals surface area contributed by atoms with Crippen LogP contribution in [0.1, 0.15) is 33.1 Å². The third-order valence-electron chi connectivity index (χ3n) is 3.82. The molecule has 0 aromatic heterocycles. The molecule has 2 rings (SSSR count). The first kappa shape index (κ1) is 20.1. The lowest BCUT2D eigenvalue weighted by atomic mass is 10.2. The number of hydrogen-bond donors (Lipinski definition) is 1. The van der Waals surface area contributed by atoms with Gasteiger partial charge in [-0.15, -0.1) is 0 Å². The zero-order valence-electron chi connectivity index (χ0n) is 14.9. The maximum Gasteiger partial charge on any atom is 0.243 e. The monoisotopic (exact) mass is 386 g/mol. The fraction of sp³-hybridized carbons (Fsp3) is 0.588. The second-order valence-electron chi connectivity index (χ2n) is 6.27. The highest BCUT2D eigenvalue weighted by atomic mass is 32.2. The number of carbonyl (C=O) groups is 1. The fourth-order valence-corrected chi connectivity index (χ4v) is 4.57. The molecule has 1 fully saturated rings. The van der Waals surface area contributed by atoms with E-state index in [1.807, 2.05) is 20.1 Å². The first-order valence-corrected chi connectivity index (χ1v) is 11.3. The molecule has 1 aliphatic rings. The van der Waals surface area contributed by atoms with E-state index in [-0.39, 0.29) is 16.9 Å². The zero-order chi connectivity index (χ0) is 18.4. The van der Waals surface area contributed by atoms with Gasteiger partial charge in [-0.1, -0.05) is 6.42 Å². The largest absolute Gasteiger partial charge is 0.489 e. The molecule has 25 heavy (non-hydrogen) atoms. The minimum atomic E-state index is -3.56. The van der Waals surface area contributed by atoms with Crippen LogP contribution in [0.5, 0.6) is 5.75 Å². The summed E-state index contributed by atoms with van der Waals surface area (Å²) in [6, 6.07) is 4.66. The quantitative estimate of drug-likeness (QED) is 0.780. The number of amides is 1. The van der Waals surface area contributed by atoms with Crippen molar-refractivity contribution in [2.75, 3.05) is 30.4 Å². The van der Waals surface area contributed by atoms with E-state index in [2.05, 4.69) is 5.32 Å². The van der Waals surface area contributed by atoms with E-state index < -0.39 is 10.0 Å². The Balaban J connectivity index is 2.34. The number of anilines is 1. The Hall–Kier alpha value is -1.25. The molecule has 0 bridgehead atoms. The summed E-state index contributed by atoms with van der Waals surface area (Å²) in [4.78, 5) is 12.2. The molecular weight excluding hydrogens is 360 g/mol. The summed E-state index contributed by atoms with van der Waals surface area (Å²) in [5.41, 5.74) is 0.394. The highest BCUT2D eigenvalue weighted by molar-refractivity contribution is 7.99. The lowest BCUT2D eigenvalue weighted by Crippen LogP contribution is -2.35. The number of piperidine rings is 1. The van der Waals surface area contributed by atoms with Gasteiger partial charge in [-0.3, -0.25) is 4.79 Å². The van der Waals surface area contributed by atoms with Crippen molar-refractivity contribution in [2.45, 2.75) is 44.1 Å². The predicted octanol–water partition coefficient (Wildman–Crippen LogP) is 2.95. The summed E-state index contributed by atoms with van der Waals surface area (Å²) in [6.45, 7) is 4.85. The number of thioether (sulfide) groups is 1. The Morgan fingerprint density at radius 1 is 1.28 bits per heavy atom. The van der Waals surface area contributed by atoms with Gasteiger partial charge >= 0.3 is 0 Å². The van der Waals surface area contributed by atoms with Crippen molar-refractivity contribution in [3.05, 3.63) is 18.2 Å². The van der Waals surface area contributed by atoms with Crippen LogP contribution in [-0.4, -0.2) is 49.8 Å². The average Bonchev–Trinajstić information content (AvgIpc) is 2.57. The van der Waals surface area contributed by atoms with Gasteiger partial charge < -0.3 is 10.1 Å². The molecule has 1 heterocycles. The molecule has 6 nitrogen and oxygen atoms in total. The van der Waals surface area contributed by atoms with Crippen LogP contribution >= 0.6 is 11.8 Å². The summed E-state index contributed by atoms with van der Waals surface area (Å²) in [6.07, 6.45) is 4.57. The van der Waals surface area contributed by atoms with Crippen LogP contribution in [0.4, 0.5) is 5.69 Å². The van der Waals surface area contributed by atoms with Crippen molar-refractivity contribution >= 4 is 33.4 Å². The minimum Gasteiger partial charge on any atom is -0.489 e. The van der Waals surface area contributed by atoms with E-state index in [0.717, 1.165) is 19.3 Å². The topological polar surface area (TPSA) is 75.7 Å². The van der Waals surface area contributed by atoms with Crippen LogP contribution < -0.4 is 10.1 Å². The zero-order valence-corrected chi connectivity index (χ0v) is 16.6. The van der Waals surface area contributed by atoms with Crippen LogP contribution in [0.3, 0.4) is 0 Å². The molecule has 0 saturated carbocycles. The SMILES string of the molecule is CSCC(=O)Nc1cc(S(=O)(=O)N2CCCCC2)ccc1OC(C)C. The Kier molecular flexibility index (Phi) is 7.15. The Labute approximate surface area is 154 Å². The van der Waals surface area contributed by atoms with Crippen LogP contribution in [0.25, 0.3) is 0 Å². The van der Waals surface area contributed by atoms with Crippen LogP contribution in [0, 0.1) is 0 Å². The molecule has 1 aromatic rings. The van der Waals surface area contributed by atoms with Crippen LogP contribution in [0.2, 0.25) is 0 Å². The molecule has 0 radical (unpaired) electrons. The van der Waals surface area contributed by atoms with Gasteiger partial charge in [0.2, 0.25) is 15.9 Å². The first-order valence-electron chi connectivity index (χ1n) is 8.44. The molecule has 1 N–H and O–H groups in total. The minimum absolute atomic E-state index is 0.0826. The van der Waals surface area contributed by atoms with Gasteiger partial charge in [0.05, 0.1) is 22.4 Å². The number of benzene rings is 1. The molecule has 0 spiro atoms. The maximum atomic E-state index is 12.9. The third-order valence-corrected chi connectivity index (χ3v) is 6.26. The van der Waals surface area contributed by atoms with Crippen molar-refractivity contribution < 1.29 is 17.9 Å². The van der Waals surface area contributed by atoms with E-state index in [4.69, 9.17) is 4.74 Å². The average molecular weight is 387 g/mol. The number of carbonyl (C=O) groups excluding carboxylic acids is 1. The number of rotatable bonds is 7. The number of nitrogens with one attached hydrogen (secondary N) is 1. The second kappa shape index (κ2) is 8.91. The summed E-state index contributed by atoms with van der Waals surface area (Å²) < 4.78 is 32.9. The van der Waals surface area contributed by atoms with Crippen molar-refractivity contribution in [3.8, 4) is 5.75 Å². The normalized spacial score (nSPS) is 16.0. The number of ether oxygens (including phenoxy) is 1. The molecule has 1 aliphatic heterocycles. The molecular formula is C17H26N2O4S2. The number of nitrogens with zero attached hydrogens (tertiary/aromatic N) is 1. The van der Waals surface area contributed by atoms with Crippen LogP contribution in [0.15, 0.2) is 23.1 Å². The summed E-state index contributed by atoms with van der Waals surface area (Å²) in [5.74, 6) is 0.584. The molecule has 1 amide bonds. The van der Waals surface area contributed by atoms with E-state index in [1.165, 1.54) is 22.1 Å². The van der Waals surface area contributed by atoms with E-state index in [0.29, 0.717) is 30.3 Å². The van der Waals surface area contributed by atoms with Crippen LogP contribution in [-0.2, 0) is 14.8 Å². The highest BCUT2D eigenvalue weighted by Crippen LogP contribution is 2.31. The molecule has 1 saturated heterocycles. The molecule has 8 heteroatoms. The predicted molar refractivity (Wildman–Crippen MR) is 102 cm³/mol. The fourth-order valence-electron chi connectivity index (χ4n) is 2.70. The lowest BCUT2D eigenvalue weighted by molar-refractivity contribution is -0.113. The van der Waals surface area contributed by atoms with Crippen molar-refractivity contribution in [1.29, 1.82) is 0 Å². The lowest BCUT2D eigenvalue weighted by Gasteiger charge is -2.26. The van der Waals surface area contributed by atoms with Gasteiger partial charge in [-0.25, -0.2) is 8.42 Å². The Bertz CT molecular complexity index is 699. The standard InChI is InChI=1S/C17H26N2O4S2/c1-13(2)23-16-8-7-14(11-15(16)18-17(20)12-24-3)25(21,22)19-9-5-4-6-10-19/h7-8,11,13H,4-6,9-10,12H2,1-3H3,(H,18,20). The van der Waals surface area contributed by atoms with Gasteiger partial charge in [-0.05, 0) is 51.1 Å². The molecule has 0 atom stereocenters. The number of hydrogen-bond acceptors (Lipinski definition) is 5. The van der Waals surface area contributed by atoms with E-state index >= 15 is 0 Å². The van der Waals surface area contributed by atoms with Crippen molar-refractivity contribution in [1.82, 2.24) is 4.31 Å². The second-order valence-corrected chi connectivity index (χ2v) is 9.07. The Morgan fingerprint density at radius 3 is 2.56 bits per heavy atom. The van der Waals surface area contributed by atoms with Crippen molar-refractivity contribution in [2.24, 2.45) is 0 Å². The van der Waals surface area contributed by atoms with Crippen molar-refractivity contribution in [3.63, 3.8) is 0 Å². The number of sulfonamides is 1. The Morgan fingerprint density at radius 2 is 1.96 bits per heavy atom. The molecule has 1 aromatic carbocycles. The summed E-state index contributed by atoms with van der Waals surface area (Å²) in [5, 5.41) is 2.76. The van der Waals surface area contributed by atoms with Gasteiger partial charge in [0, 0.05) is 13.1 Å². The molecule has 140 valence electrons. The van der Waals surface area contributed by atoms with Gasteiger partial charge in [0.25, 0.3) is 0 Å². The first-order chi connectivity index (χ1) is 11.8. The molecule has 0 aliphatic carbocycles. The van der Waals surface area contributed by atoms with Gasteiger partial charge in [0.1, 0.15) is 5.75 Å². The summed E-state index contributed by atoms with van der Waals surface area (Å²) in [7, 11) is -3.56. The molecule has 0 unspecified atom stereocenters. The maximum absolute atomic E-state index is 12.9. The summed E-state index contributed by atoms with van der Waals surface area (Å²) >= 11 is 1.40. The van der Waals surface area contributed by atoms with E-state index in [9.17, 15) is 13.2 Å². The third kappa shape index (κ3) is 5.36. The van der Waals surface area contributed by atoms with Gasteiger partial charge in [-0.2, -0.15) is 16.1 Å². The van der Waals surface area contributed by atoms with E-state index in [1.54, 1.807) is 12.1 Å². The highest BCUT2D eigenvalue weighted by Gasteiger charge is 2.27. The van der Waals surface area contributed by atoms with Gasteiger partial charge in [0.15, 0.2) is 0 Å². The smallest absolute Gasteiger partial charge is 0.243 e.